The molecule has 0 radical (unpaired) electrons. The van der Waals surface area contributed by atoms with Crippen LogP contribution < -0.4 is 10.5 Å². The van der Waals surface area contributed by atoms with Gasteiger partial charge in [-0.2, -0.15) is 0 Å². The third-order valence-electron chi connectivity index (χ3n) is 4.16. The second-order valence-corrected chi connectivity index (χ2v) is 5.33. The van der Waals surface area contributed by atoms with Gasteiger partial charge in [0.15, 0.2) is 11.6 Å². The molecule has 7 heteroatoms. The van der Waals surface area contributed by atoms with Crippen LogP contribution in [0.25, 0.3) is 11.4 Å². The molecule has 1 aromatic heterocycles. The minimum absolute atomic E-state index is 0.155. The molecule has 2 aromatic rings. The molecule has 1 saturated carbocycles. The van der Waals surface area contributed by atoms with Crippen LogP contribution in [0, 0.1) is 0 Å². The Balaban J connectivity index is 1.98. The summed E-state index contributed by atoms with van der Waals surface area (Å²) in [7, 11) is 3.33. The quantitative estimate of drug-likeness (QED) is 0.839. The van der Waals surface area contributed by atoms with Gasteiger partial charge in [0, 0.05) is 7.11 Å². The zero-order valence-corrected chi connectivity index (χ0v) is 12.2. The van der Waals surface area contributed by atoms with E-state index in [2.05, 4.69) is 15.5 Å². The minimum Gasteiger partial charge on any atom is -0.494 e. The van der Waals surface area contributed by atoms with Crippen LogP contribution in [0.3, 0.4) is 0 Å². The number of hydrogen-bond acceptors (Lipinski definition) is 6. The standard InChI is InChI=1S/C14H19N5O2/c1-20-12-10(5-3-6-11(12)15)13-16-17-18-19(13)9-14(21-2)7-4-8-14/h3,5-6H,4,7-9,15H2,1-2H3. The SMILES string of the molecule is COc1c(N)cccc1-c1nnnn1CC1(OC)CCC1. The molecule has 0 spiro atoms. The van der Waals surface area contributed by atoms with Crippen LogP contribution in [-0.2, 0) is 11.3 Å². The van der Waals surface area contributed by atoms with Crippen molar-refractivity contribution < 1.29 is 9.47 Å². The number of anilines is 1. The summed E-state index contributed by atoms with van der Waals surface area (Å²) in [5, 5.41) is 12.0. The van der Waals surface area contributed by atoms with Crippen molar-refractivity contribution >= 4 is 5.69 Å². The number of aromatic nitrogens is 4. The molecule has 1 aromatic carbocycles. The lowest BCUT2D eigenvalue weighted by Crippen LogP contribution is -2.43. The molecule has 1 heterocycles. The summed E-state index contributed by atoms with van der Waals surface area (Å²) in [6, 6.07) is 5.55. The number of nitrogen functional groups attached to an aromatic ring is 1. The highest BCUT2D eigenvalue weighted by Gasteiger charge is 2.38. The van der Waals surface area contributed by atoms with E-state index in [-0.39, 0.29) is 5.60 Å². The first-order valence-corrected chi connectivity index (χ1v) is 6.93. The van der Waals surface area contributed by atoms with Gasteiger partial charge in [-0.25, -0.2) is 4.68 Å². The van der Waals surface area contributed by atoms with Crippen molar-refractivity contribution in [1.29, 1.82) is 0 Å². The molecule has 7 nitrogen and oxygen atoms in total. The number of para-hydroxylation sites is 1. The topological polar surface area (TPSA) is 88.1 Å². The number of methoxy groups -OCH3 is 2. The zero-order valence-electron chi connectivity index (χ0n) is 12.2. The number of hydrogen-bond donors (Lipinski definition) is 1. The Hall–Kier alpha value is -2.15. The van der Waals surface area contributed by atoms with E-state index in [1.54, 1.807) is 25.0 Å². The molecule has 1 aliphatic carbocycles. The van der Waals surface area contributed by atoms with Gasteiger partial charge < -0.3 is 15.2 Å². The highest BCUT2D eigenvalue weighted by atomic mass is 16.5. The molecule has 0 aliphatic heterocycles. The average Bonchev–Trinajstić information content (AvgIpc) is 2.90. The Morgan fingerprint density at radius 3 is 2.76 bits per heavy atom. The van der Waals surface area contributed by atoms with Gasteiger partial charge in [-0.3, -0.25) is 0 Å². The molecule has 2 N–H and O–H groups in total. The first kappa shape index (κ1) is 13.8. The van der Waals surface area contributed by atoms with Gasteiger partial charge in [0.25, 0.3) is 0 Å². The fourth-order valence-electron chi connectivity index (χ4n) is 2.73. The maximum absolute atomic E-state index is 5.95. The van der Waals surface area contributed by atoms with Crippen molar-refractivity contribution in [2.75, 3.05) is 20.0 Å². The van der Waals surface area contributed by atoms with Crippen molar-refractivity contribution in [2.24, 2.45) is 0 Å². The van der Waals surface area contributed by atoms with Crippen LogP contribution in [0.2, 0.25) is 0 Å². The largest absolute Gasteiger partial charge is 0.494 e. The Labute approximate surface area is 123 Å². The Morgan fingerprint density at radius 2 is 2.14 bits per heavy atom. The Kier molecular flexibility index (Phi) is 3.50. The number of nitrogens with zero attached hydrogens (tertiary/aromatic N) is 4. The number of rotatable bonds is 5. The highest BCUT2D eigenvalue weighted by Crippen LogP contribution is 2.38. The lowest BCUT2D eigenvalue weighted by atomic mass is 9.80. The molecule has 3 rings (SSSR count). The van der Waals surface area contributed by atoms with E-state index in [0.717, 1.165) is 18.4 Å². The lowest BCUT2D eigenvalue weighted by molar-refractivity contribution is -0.0855. The molecular weight excluding hydrogens is 270 g/mol. The number of ether oxygens (including phenoxy) is 2. The smallest absolute Gasteiger partial charge is 0.185 e. The van der Waals surface area contributed by atoms with Crippen LogP contribution in [0.15, 0.2) is 18.2 Å². The highest BCUT2D eigenvalue weighted by molar-refractivity contribution is 5.73. The van der Waals surface area contributed by atoms with Crippen LogP contribution in [0.5, 0.6) is 5.75 Å². The Morgan fingerprint density at radius 1 is 1.33 bits per heavy atom. The number of benzene rings is 1. The molecular formula is C14H19N5O2. The molecule has 0 bridgehead atoms. The first-order valence-electron chi connectivity index (χ1n) is 6.93. The van der Waals surface area contributed by atoms with Gasteiger partial charge in [0.1, 0.15) is 0 Å². The molecule has 0 saturated heterocycles. The van der Waals surface area contributed by atoms with Crippen LogP contribution in [0.1, 0.15) is 19.3 Å². The van der Waals surface area contributed by atoms with E-state index >= 15 is 0 Å². The molecule has 1 fully saturated rings. The van der Waals surface area contributed by atoms with Gasteiger partial charge in [-0.05, 0) is 41.8 Å². The van der Waals surface area contributed by atoms with E-state index in [1.165, 1.54) is 6.42 Å². The summed E-state index contributed by atoms with van der Waals surface area (Å²) >= 11 is 0. The summed E-state index contributed by atoms with van der Waals surface area (Å²) in [5.41, 5.74) is 7.15. The molecule has 112 valence electrons. The monoisotopic (exact) mass is 289 g/mol. The van der Waals surface area contributed by atoms with Crippen molar-refractivity contribution in [3.8, 4) is 17.1 Å². The van der Waals surface area contributed by atoms with E-state index in [1.807, 2.05) is 12.1 Å². The zero-order chi connectivity index (χ0) is 14.9. The summed E-state index contributed by atoms with van der Waals surface area (Å²) in [4.78, 5) is 0. The normalized spacial score (nSPS) is 16.5. The minimum atomic E-state index is -0.155. The van der Waals surface area contributed by atoms with Crippen LogP contribution in [0.4, 0.5) is 5.69 Å². The Bertz CT molecular complexity index is 631. The fraction of sp³-hybridized carbons (Fsp3) is 0.500. The summed E-state index contributed by atoms with van der Waals surface area (Å²) < 4.78 is 12.8. The number of tetrazole rings is 1. The summed E-state index contributed by atoms with van der Waals surface area (Å²) in [6.45, 7) is 0.629. The van der Waals surface area contributed by atoms with Gasteiger partial charge in [-0.15, -0.1) is 5.10 Å². The summed E-state index contributed by atoms with van der Waals surface area (Å²) in [6.07, 6.45) is 3.22. The van der Waals surface area contributed by atoms with Crippen LogP contribution in [-0.4, -0.2) is 40.0 Å². The molecule has 0 amide bonds. The predicted octanol–water partition coefficient (Wildman–Crippen LogP) is 1.50. The molecule has 0 atom stereocenters. The van der Waals surface area contributed by atoms with Gasteiger partial charge in [0.2, 0.25) is 0 Å². The van der Waals surface area contributed by atoms with Gasteiger partial charge >= 0.3 is 0 Å². The first-order chi connectivity index (χ1) is 10.2. The van der Waals surface area contributed by atoms with E-state index in [0.29, 0.717) is 23.8 Å². The molecule has 1 aliphatic rings. The van der Waals surface area contributed by atoms with Crippen molar-refractivity contribution in [1.82, 2.24) is 20.2 Å². The van der Waals surface area contributed by atoms with Crippen molar-refractivity contribution in [3.05, 3.63) is 18.2 Å². The van der Waals surface area contributed by atoms with Crippen molar-refractivity contribution in [2.45, 2.75) is 31.4 Å². The number of nitrogens with two attached hydrogens (primary N) is 1. The summed E-state index contributed by atoms with van der Waals surface area (Å²) in [5.74, 6) is 1.23. The second kappa shape index (κ2) is 5.33. The van der Waals surface area contributed by atoms with Gasteiger partial charge in [-0.1, -0.05) is 6.07 Å². The predicted molar refractivity (Wildman–Crippen MR) is 77.8 cm³/mol. The maximum Gasteiger partial charge on any atom is 0.185 e. The second-order valence-electron chi connectivity index (χ2n) is 5.33. The van der Waals surface area contributed by atoms with Crippen molar-refractivity contribution in [3.63, 3.8) is 0 Å². The average molecular weight is 289 g/mol. The maximum atomic E-state index is 5.95. The molecule has 0 unspecified atom stereocenters. The third kappa shape index (κ3) is 2.33. The molecule has 21 heavy (non-hydrogen) atoms. The fourth-order valence-corrected chi connectivity index (χ4v) is 2.73. The van der Waals surface area contributed by atoms with E-state index in [4.69, 9.17) is 15.2 Å². The van der Waals surface area contributed by atoms with Gasteiger partial charge in [0.05, 0.1) is 30.5 Å². The van der Waals surface area contributed by atoms with E-state index in [9.17, 15) is 0 Å². The lowest BCUT2D eigenvalue weighted by Gasteiger charge is -2.40. The third-order valence-corrected chi connectivity index (χ3v) is 4.16. The van der Waals surface area contributed by atoms with Crippen LogP contribution >= 0.6 is 0 Å². The van der Waals surface area contributed by atoms with E-state index < -0.39 is 0 Å².